The van der Waals surface area contributed by atoms with Gasteiger partial charge in [0.15, 0.2) is 0 Å². The van der Waals surface area contributed by atoms with Gasteiger partial charge in [0.05, 0.1) is 23.5 Å². The molecule has 0 aromatic heterocycles. The zero-order chi connectivity index (χ0) is 15.9. The van der Waals surface area contributed by atoms with Crippen LogP contribution in [0.2, 0.25) is 0 Å². The number of carbonyl (C=O) groups excluding carboxylic acids is 3. The molecule has 5 heteroatoms. The third kappa shape index (κ3) is 1.41. The average molecular weight is 308 g/mol. The number of allylic oxidation sites excluding steroid dienone is 2. The van der Waals surface area contributed by atoms with Crippen LogP contribution in [0.15, 0.2) is 36.4 Å². The molecule has 5 rings (SSSR count). The number of carboxylic acids is 1. The number of hydrogen-bond acceptors (Lipinski definition) is 4. The lowest BCUT2D eigenvalue weighted by Gasteiger charge is -2.22. The van der Waals surface area contributed by atoms with E-state index in [0.29, 0.717) is 5.69 Å². The van der Waals surface area contributed by atoms with E-state index in [1.54, 1.807) is 6.07 Å². The summed E-state index contributed by atoms with van der Waals surface area (Å²) in [7, 11) is 0. The Bertz CT molecular complexity index is 773. The number of fused-ring (bicyclic) bond motifs is 3. The van der Waals surface area contributed by atoms with Gasteiger partial charge in [-0.25, -0.2) is 4.90 Å². The van der Waals surface area contributed by atoms with Crippen LogP contribution in [0.4, 0.5) is 5.69 Å². The van der Waals surface area contributed by atoms with Crippen LogP contribution in [0, 0.1) is 29.1 Å². The minimum atomic E-state index is -1.31. The Labute approximate surface area is 132 Å². The average Bonchev–Trinajstić information content (AvgIpc) is 3.13. The number of amides is 2. The maximum atomic E-state index is 12.9. The third-order valence-corrected chi connectivity index (χ3v) is 6.19. The molecule has 2 saturated carbocycles. The zero-order valence-corrected chi connectivity index (χ0v) is 12.3. The molecule has 23 heavy (non-hydrogen) atoms. The highest BCUT2D eigenvalue weighted by atomic mass is 16.4. The Morgan fingerprint density at radius 3 is 2.22 bits per heavy atom. The number of benzene rings is 1. The van der Waals surface area contributed by atoms with E-state index in [9.17, 15) is 19.5 Å². The molecule has 2 amide bonds. The molecule has 1 aromatic rings. The van der Waals surface area contributed by atoms with Crippen LogP contribution in [-0.4, -0.2) is 17.8 Å². The van der Waals surface area contributed by atoms with E-state index in [2.05, 4.69) is 12.2 Å². The second kappa shape index (κ2) is 3.91. The fourth-order valence-electron chi connectivity index (χ4n) is 5.10. The van der Waals surface area contributed by atoms with E-state index in [-0.39, 0.29) is 46.5 Å². The fourth-order valence-corrected chi connectivity index (χ4v) is 5.10. The summed E-state index contributed by atoms with van der Waals surface area (Å²) in [5, 5.41) is 11.0. The van der Waals surface area contributed by atoms with E-state index in [1.807, 2.05) is 0 Å². The minimum Gasteiger partial charge on any atom is -0.545 e. The summed E-state index contributed by atoms with van der Waals surface area (Å²) in [6.07, 6.45) is 6.43. The van der Waals surface area contributed by atoms with Gasteiger partial charge in [-0.05, 0) is 47.8 Å². The van der Waals surface area contributed by atoms with Gasteiger partial charge in [-0.1, -0.05) is 24.3 Å². The Balaban J connectivity index is 1.56. The van der Waals surface area contributed by atoms with Crippen LogP contribution in [-0.2, 0) is 9.59 Å². The lowest BCUT2D eigenvalue weighted by Crippen LogP contribution is -2.35. The van der Waals surface area contributed by atoms with Crippen LogP contribution >= 0.6 is 0 Å². The van der Waals surface area contributed by atoms with Crippen molar-refractivity contribution in [3.63, 3.8) is 0 Å². The first-order valence-corrected chi connectivity index (χ1v) is 7.92. The first-order chi connectivity index (χ1) is 11.0. The number of nitrogens with zero attached hydrogens (tertiary/aromatic N) is 1. The van der Waals surface area contributed by atoms with Crippen molar-refractivity contribution in [1.29, 1.82) is 0 Å². The summed E-state index contributed by atoms with van der Waals surface area (Å²) < 4.78 is 0. The largest absolute Gasteiger partial charge is 0.545 e. The highest BCUT2D eigenvalue weighted by Gasteiger charge is 2.73. The first kappa shape index (κ1) is 13.0. The molecule has 3 aliphatic carbocycles. The zero-order valence-electron chi connectivity index (χ0n) is 12.3. The van der Waals surface area contributed by atoms with Gasteiger partial charge in [0, 0.05) is 0 Å². The van der Waals surface area contributed by atoms with E-state index in [1.165, 1.54) is 23.1 Å². The van der Waals surface area contributed by atoms with Crippen molar-refractivity contribution in [3.8, 4) is 0 Å². The summed E-state index contributed by atoms with van der Waals surface area (Å²) >= 11 is 0. The van der Waals surface area contributed by atoms with Crippen molar-refractivity contribution >= 4 is 23.5 Å². The van der Waals surface area contributed by atoms with Crippen molar-refractivity contribution in [2.45, 2.75) is 12.8 Å². The van der Waals surface area contributed by atoms with Crippen LogP contribution in [0.25, 0.3) is 0 Å². The molecular weight excluding hydrogens is 294 g/mol. The fraction of sp³-hybridized carbons (Fsp3) is 0.389. The minimum absolute atomic E-state index is 0.0279. The molecule has 4 unspecified atom stereocenters. The van der Waals surface area contributed by atoms with Crippen molar-refractivity contribution in [3.05, 3.63) is 42.0 Å². The van der Waals surface area contributed by atoms with Crippen molar-refractivity contribution in [1.82, 2.24) is 0 Å². The number of aromatic carboxylic acids is 1. The van der Waals surface area contributed by atoms with Gasteiger partial charge in [0.2, 0.25) is 11.8 Å². The topological polar surface area (TPSA) is 77.5 Å². The van der Waals surface area contributed by atoms with Gasteiger partial charge in [-0.15, -0.1) is 0 Å². The normalized spacial score (nSPS) is 35.2. The van der Waals surface area contributed by atoms with E-state index in [0.717, 1.165) is 12.8 Å². The lowest BCUT2D eigenvalue weighted by molar-refractivity contribution is -0.255. The number of rotatable bonds is 2. The van der Waals surface area contributed by atoms with Crippen LogP contribution in [0.5, 0.6) is 0 Å². The van der Waals surface area contributed by atoms with Crippen molar-refractivity contribution < 1.29 is 19.5 Å². The molecule has 0 N–H and O–H groups in total. The molecule has 116 valence electrons. The van der Waals surface area contributed by atoms with Gasteiger partial charge < -0.3 is 9.90 Å². The smallest absolute Gasteiger partial charge is 0.238 e. The standard InChI is InChI=1S/C18H15NO4/c20-15-13-11-4-5-12(18(11)6-7-18)14(13)16(21)19(15)10-3-1-2-9(8-10)17(22)23/h1-5,8,11-14H,6-7H2,(H,22,23)/p-1. The highest BCUT2D eigenvalue weighted by Crippen LogP contribution is 2.73. The van der Waals surface area contributed by atoms with E-state index < -0.39 is 5.97 Å². The maximum Gasteiger partial charge on any atom is 0.238 e. The van der Waals surface area contributed by atoms with Crippen molar-refractivity contribution in [2.24, 2.45) is 29.1 Å². The molecule has 1 aromatic carbocycles. The van der Waals surface area contributed by atoms with Crippen LogP contribution in [0.3, 0.4) is 0 Å². The van der Waals surface area contributed by atoms with Crippen molar-refractivity contribution in [2.75, 3.05) is 4.90 Å². The van der Waals surface area contributed by atoms with Crippen LogP contribution in [0.1, 0.15) is 23.2 Å². The first-order valence-electron chi connectivity index (χ1n) is 7.92. The number of anilines is 1. The van der Waals surface area contributed by atoms with Gasteiger partial charge >= 0.3 is 0 Å². The Hall–Kier alpha value is -2.43. The predicted octanol–water partition coefficient (Wildman–Crippen LogP) is 0.752. The quantitative estimate of drug-likeness (QED) is 0.597. The molecule has 4 aliphatic rings. The number of carbonyl (C=O) groups is 3. The van der Waals surface area contributed by atoms with E-state index in [4.69, 9.17) is 0 Å². The second-order valence-corrected chi connectivity index (χ2v) is 7.07. The summed E-state index contributed by atoms with van der Waals surface area (Å²) in [6.45, 7) is 0. The lowest BCUT2D eigenvalue weighted by atomic mass is 9.85. The summed E-state index contributed by atoms with van der Waals surface area (Å²) in [4.78, 5) is 38.0. The Morgan fingerprint density at radius 2 is 1.70 bits per heavy atom. The predicted molar refractivity (Wildman–Crippen MR) is 78.0 cm³/mol. The number of carboxylic acid groups (broad SMARTS) is 1. The molecular formula is C18H14NO4-. The molecule has 1 spiro atoms. The summed E-state index contributed by atoms with van der Waals surface area (Å²) in [6, 6.07) is 5.87. The maximum absolute atomic E-state index is 12.9. The van der Waals surface area contributed by atoms with Crippen LogP contribution < -0.4 is 10.0 Å². The van der Waals surface area contributed by atoms with Gasteiger partial charge in [-0.2, -0.15) is 0 Å². The molecule has 5 nitrogen and oxygen atoms in total. The second-order valence-electron chi connectivity index (χ2n) is 7.07. The number of imide groups is 1. The van der Waals surface area contributed by atoms with Gasteiger partial charge in [0.25, 0.3) is 0 Å². The van der Waals surface area contributed by atoms with E-state index >= 15 is 0 Å². The summed E-state index contributed by atoms with van der Waals surface area (Å²) in [5.74, 6) is -1.88. The third-order valence-electron chi connectivity index (χ3n) is 6.19. The molecule has 1 saturated heterocycles. The Kier molecular flexibility index (Phi) is 2.22. The molecule has 4 atom stereocenters. The Morgan fingerprint density at radius 1 is 1.09 bits per heavy atom. The number of hydrogen-bond donors (Lipinski definition) is 0. The summed E-state index contributed by atoms with van der Waals surface area (Å²) in [5.41, 5.74) is 0.472. The molecule has 0 radical (unpaired) electrons. The molecule has 1 aliphatic heterocycles. The van der Waals surface area contributed by atoms with Gasteiger partial charge in [0.1, 0.15) is 0 Å². The molecule has 3 fully saturated rings. The SMILES string of the molecule is O=C([O-])c1cccc(N2C(=O)C3C(C2=O)C2C=CC3C23CC3)c1. The highest BCUT2D eigenvalue weighted by molar-refractivity contribution is 6.23. The monoisotopic (exact) mass is 308 g/mol. The van der Waals surface area contributed by atoms with Gasteiger partial charge in [-0.3, -0.25) is 9.59 Å². The molecule has 2 bridgehead atoms. The molecule has 1 heterocycles.